The van der Waals surface area contributed by atoms with E-state index in [2.05, 4.69) is 37.2 Å². The highest BCUT2D eigenvalue weighted by molar-refractivity contribution is 5.77. The molecule has 3 saturated heterocycles. The molecule has 3 heterocycles. The predicted octanol–water partition coefficient (Wildman–Crippen LogP) is -3.53. The Morgan fingerprint density at radius 1 is 0.793 bits per heavy atom. The number of unbranched alkanes of at least 4 members (excludes halogenated alkanes) is 1. The van der Waals surface area contributed by atoms with Crippen molar-refractivity contribution in [2.24, 2.45) is 5.73 Å². The minimum atomic E-state index is -0.440. The summed E-state index contributed by atoms with van der Waals surface area (Å²) in [5.41, 5.74) is 5.83. The van der Waals surface area contributed by atoms with E-state index >= 15 is 0 Å². The summed E-state index contributed by atoms with van der Waals surface area (Å²) in [5.74, 6) is -0.0122. The van der Waals surface area contributed by atoms with Gasteiger partial charge in [0.2, 0.25) is 5.91 Å². The van der Waals surface area contributed by atoms with Crippen LogP contribution in [0.1, 0.15) is 19.3 Å². The summed E-state index contributed by atoms with van der Waals surface area (Å²) in [4.78, 5) is 23.1. The third-order valence-corrected chi connectivity index (χ3v) is 5.39. The molecule has 0 spiro atoms. The van der Waals surface area contributed by atoms with E-state index in [0.717, 1.165) is 65.2 Å². The molecule has 3 rings (SSSR count). The molecule has 0 radical (unpaired) electrons. The SMILES string of the molecule is NC12CNCCNCC(NC(=O)CCCC=O)(CNCCNC1)CNCCNC2. The van der Waals surface area contributed by atoms with Gasteiger partial charge in [0.1, 0.15) is 6.29 Å². The van der Waals surface area contributed by atoms with Crippen LogP contribution in [0.3, 0.4) is 0 Å². The van der Waals surface area contributed by atoms with Crippen LogP contribution < -0.4 is 43.0 Å². The number of rotatable bonds is 5. The van der Waals surface area contributed by atoms with Crippen LogP contribution in [0.15, 0.2) is 0 Å². The van der Waals surface area contributed by atoms with Crippen LogP contribution in [0.2, 0.25) is 0 Å². The fourth-order valence-corrected chi connectivity index (χ4v) is 3.74. The van der Waals surface area contributed by atoms with Gasteiger partial charge in [-0.25, -0.2) is 0 Å². The third kappa shape index (κ3) is 9.47. The maximum atomic E-state index is 12.5. The van der Waals surface area contributed by atoms with Gasteiger partial charge in [0.05, 0.1) is 11.1 Å². The lowest BCUT2D eigenvalue weighted by Gasteiger charge is -2.37. The average Bonchev–Trinajstić information content (AvgIpc) is 2.69. The van der Waals surface area contributed by atoms with Gasteiger partial charge < -0.3 is 47.7 Å². The zero-order chi connectivity index (χ0) is 20.8. The van der Waals surface area contributed by atoms with Gasteiger partial charge in [0.25, 0.3) is 0 Å². The molecule has 29 heavy (non-hydrogen) atoms. The highest BCUT2D eigenvalue weighted by Crippen LogP contribution is 2.05. The van der Waals surface area contributed by atoms with Crippen molar-refractivity contribution in [3.05, 3.63) is 0 Å². The number of fused-ring (bicyclic) bond motifs is 15. The Hall–Kier alpha value is -1.14. The predicted molar refractivity (Wildman–Crippen MR) is 115 cm³/mol. The molecule has 0 aromatic rings. The molecule has 10 heteroatoms. The number of amides is 1. The van der Waals surface area contributed by atoms with Crippen LogP contribution in [-0.2, 0) is 9.59 Å². The summed E-state index contributed by atoms with van der Waals surface area (Å²) < 4.78 is 0. The highest BCUT2D eigenvalue weighted by Gasteiger charge is 2.31. The lowest BCUT2D eigenvalue weighted by atomic mass is 9.97. The van der Waals surface area contributed by atoms with E-state index in [4.69, 9.17) is 5.73 Å². The van der Waals surface area contributed by atoms with Gasteiger partial charge in [-0.05, 0) is 6.42 Å². The first-order valence-corrected chi connectivity index (χ1v) is 10.9. The lowest BCUT2D eigenvalue weighted by Crippen LogP contribution is -2.67. The van der Waals surface area contributed by atoms with Crippen molar-refractivity contribution >= 4 is 12.2 Å². The Balaban J connectivity index is 2.08. The molecule has 0 saturated carbocycles. The molecule has 0 aliphatic carbocycles. The van der Waals surface area contributed by atoms with E-state index in [1.807, 2.05) is 0 Å². The quantitative estimate of drug-likeness (QED) is 0.170. The van der Waals surface area contributed by atoms with E-state index in [9.17, 15) is 9.59 Å². The van der Waals surface area contributed by atoms with E-state index in [-0.39, 0.29) is 11.4 Å². The summed E-state index contributed by atoms with van der Waals surface area (Å²) in [7, 11) is 0. The monoisotopic (exact) mass is 412 g/mol. The molecule has 0 atom stereocenters. The number of carbonyl (C=O) groups is 2. The van der Waals surface area contributed by atoms with Crippen LogP contribution in [0.4, 0.5) is 0 Å². The molecule has 3 aliphatic rings. The number of carbonyl (C=O) groups excluding carboxylic acids is 2. The summed E-state index contributed by atoms with van der Waals surface area (Å²) in [6, 6.07) is 0. The minimum Gasteiger partial charge on any atom is -0.347 e. The van der Waals surface area contributed by atoms with Gasteiger partial charge in [-0.3, -0.25) is 4.79 Å². The largest absolute Gasteiger partial charge is 0.347 e. The zero-order valence-electron chi connectivity index (χ0n) is 17.6. The molecule has 2 bridgehead atoms. The Morgan fingerprint density at radius 2 is 1.21 bits per heavy atom. The van der Waals surface area contributed by atoms with E-state index in [1.54, 1.807) is 0 Å². The van der Waals surface area contributed by atoms with Crippen LogP contribution in [0.25, 0.3) is 0 Å². The second-order valence-corrected chi connectivity index (χ2v) is 8.31. The van der Waals surface area contributed by atoms with Gasteiger partial charge >= 0.3 is 0 Å². The van der Waals surface area contributed by atoms with Crippen molar-refractivity contribution < 1.29 is 9.59 Å². The number of hydrogen-bond acceptors (Lipinski definition) is 9. The van der Waals surface area contributed by atoms with Gasteiger partial charge in [-0.2, -0.15) is 0 Å². The molecular formula is C19H40N8O2. The summed E-state index contributed by atoms with van der Waals surface area (Å²) in [6.45, 7) is 8.96. The van der Waals surface area contributed by atoms with Crippen molar-refractivity contribution in [3.8, 4) is 0 Å². The number of nitrogens with two attached hydrogens (primary N) is 1. The normalized spacial score (nSPS) is 30.8. The van der Waals surface area contributed by atoms with Gasteiger partial charge in [0, 0.05) is 91.4 Å². The first-order chi connectivity index (χ1) is 14.1. The van der Waals surface area contributed by atoms with E-state index in [0.29, 0.717) is 38.9 Å². The molecule has 9 N–H and O–H groups in total. The topological polar surface area (TPSA) is 144 Å². The molecule has 3 fully saturated rings. The first-order valence-electron chi connectivity index (χ1n) is 10.9. The Kier molecular flexibility index (Phi) is 11.0. The lowest BCUT2D eigenvalue weighted by molar-refractivity contribution is -0.123. The number of nitrogens with one attached hydrogen (secondary N) is 7. The zero-order valence-corrected chi connectivity index (χ0v) is 17.6. The standard InChI is InChI=1S/C19H40N8O2/c20-18-11-21-4-7-24-14-19(15-25-8-5-22-12-18,16-26-9-6-23-13-18)27-17(29)3-1-2-10-28/h10,21-26H,1-9,11-16,20H2,(H,27,29). The fraction of sp³-hybridized carbons (Fsp3) is 0.895. The van der Waals surface area contributed by atoms with Crippen LogP contribution in [-0.4, -0.2) is 102 Å². The molecule has 10 nitrogen and oxygen atoms in total. The van der Waals surface area contributed by atoms with Crippen LogP contribution in [0.5, 0.6) is 0 Å². The van der Waals surface area contributed by atoms with E-state index in [1.165, 1.54) is 0 Å². The molecule has 3 aliphatic heterocycles. The van der Waals surface area contributed by atoms with Crippen LogP contribution in [0, 0.1) is 0 Å². The Labute approximate surface area is 174 Å². The van der Waals surface area contributed by atoms with Crippen molar-refractivity contribution in [3.63, 3.8) is 0 Å². The van der Waals surface area contributed by atoms with Crippen LogP contribution >= 0.6 is 0 Å². The average molecular weight is 413 g/mol. The smallest absolute Gasteiger partial charge is 0.220 e. The highest BCUT2D eigenvalue weighted by atomic mass is 16.1. The van der Waals surface area contributed by atoms with Gasteiger partial charge in [0.15, 0.2) is 0 Å². The molecule has 0 unspecified atom stereocenters. The molecule has 0 aromatic carbocycles. The number of aldehydes is 1. The first kappa shape index (κ1) is 24.1. The third-order valence-electron chi connectivity index (χ3n) is 5.39. The summed E-state index contributed by atoms with van der Waals surface area (Å²) in [5, 5.41) is 24.1. The molecular weight excluding hydrogens is 372 g/mol. The second-order valence-electron chi connectivity index (χ2n) is 8.31. The van der Waals surface area contributed by atoms with Gasteiger partial charge in [-0.15, -0.1) is 0 Å². The Bertz CT molecular complexity index is 447. The fourth-order valence-electron chi connectivity index (χ4n) is 3.74. The van der Waals surface area contributed by atoms with Crippen molar-refractivity contribution in [1.29, 1.82) is 0 Å². The van der Waals surface area contributed by atoms with Crippen molar-refractivity contribution in [2.75, 3.05) is 78.5 Å². The minimum absolute atomic E-state index is 0.0122. The molecule has 0 aromatic heterocycles. The van der Waals surface area contributed by atoms with Gasteiger partial charge in [-0.1, -0.05) is 0 Å². The van der Waals surface area contributed by atoms with Crippen molar-refractivity contribution in [2.45, 2.75) is 30.3 Å². The summed E-state index contributed by atoms with van der Waals surface area (Å²) >= 11 is 0. The Morgan fingerprint density at radius 3 is 1.62 bits per heavy atom. The molecule has 168 valence electrons. The second kappa shape index (κ2) is 13.2. The maximum Gasteiger partial charge on any atom is 0.220 e. The number of hydrogen-bond donors (Lipinski definition) is 8. The van der Waals surface area contributed by atoms with E-state index < -0.39 is 5.54 Å². The maximum absolute atomic E-state index is 12.5. The van der Waals surface area contributed by atoms with Crippen molar-refractivity contribution in [1.82, 2.24) is 37.2 Å². The summed E-state index contributed by atoms with van der Waals surface area (Å²) in [6.07, 6.45) is 2.23. The molecule has 1 amide bonds.